The van der Waals surface area contributed by atoms with Crippen molar-refractivity contribution in [2.45, 2.75) is 13.8 Å². The van der Waals surface area contributed by atoms with E-state index in [0.717, 1.165) is 11.4 Å². The van der Waals surface area contributed by atoms with Crippen molar-refractivity contribution in [3.63, 3.8) is 0 Å². The Kier molecular flexibility index (Phi) is 4.13. The molecule has 0 unspecified atom stereocenters. The van der Waals surface area contributed by atoms with Gasteiger partial charge in [-0.05, 0) is 12.6 Å². The molecule has 4 nitrogen and oxygen atoms in total. The quantitative estimate of drug-likeness (QED) is 0.584. The van der Waals surface area contributed by atoms with Gasteiger partial charge in [-0.2, -0.15) is 18.2 Å². The van der Waals surface area contributed by atoms with Crippen LogP contribution in [0.1, 0.15) is 23.1 Å². The molecule has 0 saturated carbocycles. The maximum Gasteiger partial charge on any atom is 0.181 e. The number of Topliss-reactive ketones (excluding diaryl/α,β-unsaturated/α-hetero) is 1. The molecular weight excluding hydrogens is 374 g/mol. The number of rotatable bonds is 2. The first-order valence-corrected chi connectivity index (χ1v) is 4.60. The zero-order valence-corrected chi connectivity index (χ0v) is 11.9. The Morgan fingerprint density at radius 2 is 2.00 bits per heavy atom. The molecule has 0 atom stereocenters. The largest absolute Gasteiger partial charge is 0.293 e. The van der Waals surface area contributed by atoms with E-state index in [1.54, 1.807) is 16.8 Å². The molecule has 16 heavy (non-hydrogen) atoms. The Labute approximate surface area is 108 Å². The standard InChI is InChI=1S/C11H10N3O.W/c1-8-11(9(2)15)12-13-14(8)10-6-4-3-5-7-10;/h4-7H,1-2H3;/q-1;. The predicted molar refractivity (Wildman–Crippen MR) is 54.9 cm³/mol. The number of nitrogens with zero attached hydrogens (tertiary/aromatic N) is 3. The van der Waals surface area contributed by atoms with Crippen LogP contribution in [-0.2, 0) is 21.1 Å². The normalized spacial score (nSPS) is 9.62. The van der Waals surface area contributed by atoms with E-state index in [4.69, 9.17) is 0 Å². The topological polar surface area (TPSA) is 47.8 Å². The summed E-state index contributed by atoms with van der Waals surface area (Å²) in [6, 6.07) is 10.2. The molecule has 1 heterocycles. The van der Waals surface area contributed by atoms with Crippen molar-refractivity contribution >= 4 is 5.78 Å². The number of carbonyl (C=O) groups is 1. The first kappa shape index (κ1) is 12.8. The van der Waals surface area contributed by atoms with Crippen LogP contribution < -0.4 is 0 Å². The van der Waals surface area contributed by atoms with Crippen LogP contribution in [0.25, 0.3) is 5.69 Å². The van der Waals surface area contributed by atoms with Crippen molar-refractivity contribution in [2.75, 3.05) is 0 Å². The van der Waals surface area contributed by atoms with Crippen molar-refractivity contribution in [3.8, 4) is 5.69 Å². The first-order valence-electron chi connectivity index (χ1n) is 4.60. The van der Waals surface area contributed by atoms with Gasteiger partial charge in [-0.15, -0.1) is 17.2 Å². The summed E-state index contributed by atoms with van der Waals surface area (Å²) >= 11 is 0. The molecule has 0 aliphatic heterocycles. The molecule has 0 aliphatic carbocycles. The molecule has 5 heteroatoms. The molecule has 1 aromatic carbocycles. The van der Waals surface area contributed by atoms with Crippen LogP contribution in [0.2, 0.25) is 0 Å². The van der Waals surface area contributed by atoms with Gasteiger partial charge in [0.25, 0.3) is 0 Å². The van der Waals surface area contributed by atoms with E-state index < -0.39 is 0 Å². The van der Waals surface area contributed by atoms with Crippen LogP contribution >= 0.6 is 0 Å². The second-order valence-corrected chi connectivity index (χ2v) is 3.25. The van der Waals surface area contributed by atoms with Crippen LogP contribution in [0.5, 0.6) is 0 Å². The minimum Gasteiger partial charge on any atom is -0.293 e. The summed E-state index contributed by atoms with van der Waals surface area (Å²) < 4.78 is 1.64. The molecule has 0 fully saturated rings. The van der Waals surface area contributed by atoms with E-state index >= 15 is 0 Å². The van der Waals surface area contributed by atoms with E-state index in [-0.39, 0.29) is 26.8 Å². The van der Waals surface area contributed by atoms with Gasteiger partial charge in [0.1, 0.15) is 0 Å². The van der Waals surface area contributed by atoms with Gasteiger partial charge in [-0.3, -0.25) is 4.79 Å². The van der Waals surface area contributed by atoms with Gasteiger partial charge < -0.3 is 0 Å². The third-order valence-electron chi connectivity index (χ3n) is 2.17. The van der Waals surface area contributed by atoms with Crippen molar-refractivity contribution in [1.29, 1.82) is 0 Å². The second kappa shape index (κ2) is 5.17. The summed E-state index contributed by atoms with van der Waals surface area (Å²) in [5.74, 6) is -0.0683. The second-order valence-electron chi connectivity index (χ2n) is 3.25. The van der Waals surface area contributed by atoms with E-state index in [0.29, 0.717) is 5.69 Å². The SMILES string of the molecule is CC(=O)c1nnn(-c2cc[c-]cc2)c1C.[W]. The van der Waals surface area contributed by atoms with Crippen molar-refractivity contribution in [1.82, 2.24) is 15.0 Å². The van der Waals surface area contributed by atoms with Gasteiger partial charge in [0.2, 0.25) is 0 Å². The summed E-state index contributed by atoms with van der Waals surface area (Å²) in [4.78, 5) is 11.2. The van der Waals surface area contributed by atoms with Gasteiger partial charge in [-0.25, -0.2) is 4.68 Å². The summed E-state index contributed by atoms with van der Waals surface area (Å²) in [5, 5.41) is 7.78. The molecule has 0 amide bonds. The summed E-state index contributed by atoms with van der Waals surface area (Å²) in [7, 11) is 0. The molecule has 0 aliphatic rings. The van der Waals surface area contributed by atoms with Crippen LogP contribution in [-0.4, -0.2) is 20.8 Å². The minimum atomic E-state index is -0.0683. The number of carbonyl (C=O) groups excluding carboxylic acids is 1. The van der Waals surface area contributed by atoms with Crippen molar-refractivity contribution < 1.29 is 25.9 Å². The van der Waals surface area contributed by atoms with Gasteiger partial charge in [0, 0.05) is 28.0 Å². The van der Waals surface area contributed by atoms with Crippen LogP contribution in [0.4, 0.5) is 0 Å². The third-order valence-corrected chi connectivity index (χ3v) is 2.17. The van der Waals surface area contributed by atoms with Gasteiger partial charge in [0.15, 0.2) is 11.5 Å². The third kappa shape index (κ3) is 2.27. The monoisotopic (exact) mass is 384 g/mol. The van der Waals surface area contributed by atoms with Crippen LogP contribution in [0.15, 0.2) is 24.3 Å². The maximum atomic E-state index is 11.2. The Bertz CT molecular complexity index is 493. The van der Waals surface area contributed by atoms with Crippen molar-refractivity contribution in [2.24, 2.45) is 0 Å². The Balaban J connectivity index is 0.00000128. The molecular formula is C11H10N3OW-. The van der Waals surface area contributed by atoms with E-state index in [2.05, 4.69) is 16.4 Å². The molecule has 2 rings (SSSR count). The molecule has 2 aromatic rings. The fourth-order valence-electron chi connectivity index (χ4n) is 1.42. The molecule has 0 radical (unpaired) electrons. The van der Waals surface area contributed by atoms with Crippen LogP contribution in [0, 0.1) is 13.0 Å². The van der Waals surface area contributed by atoms with Gasteiger partial charge in [0.05, 0.1) is 5.69 Å². The number of ketones is 1. The molecule has 82 valence electrons. The number of hydrogen-bond donors (Lipinski definition) is 0. The van der Waals surface area contributed by atoms with E-state index in [1.165, 1.54) is 6.92 Å². The molecule has 0 saturated heterocycles. The molecule has 0 spiro atoms. The number of hydrogen-bond acceptors (Lipinski definition) is 3. The molecule has 0 bridgehead atoms. The zero-order chi connectivity index (χ0) is 10.8. The van der Waals surface area contributed by atoms with E-state index in [9.17, 15) is 4.79 Å². The number of aromatic nitrogens is 3. The van der Waals surface area contributed by atoms with Crippen LogP contribution in [0.3, 0.4) is 0 Å². The van der Waals surface area contributed by atoms with Gasteiger partial charge in [-0.1, -0.05) is 5.21 Å². The molecule has 0 N–H and O–H groups in total. The number of benzene rings is 1. The average molecular weight is 384 g/mol. The summed E-state index contributed by atoms with van der Waals surface area (Å²) in [6.07, 6.45) is 0. The average Bonchev–Trinajstić information content (AvgIpc) is 2.61. The van der Waals surface area contributed by atoms with Crippen molar-refractivity contribution in [3.05, 3.63) is 41.7 Å². The fraction of sp³-hybridized carbons (Fsp3) is 0.182. The minimum absolute atomic E-state index is 0. The maximum absolute atomic E-state index is 11.2. The Morgan fingerprint density at radius 1 is 1.38 bits per heavy atom. The van der Waals surface area contributed by atoms with Gasteiger partial charge >= 0.3 is 0 Å². The Morgan fingerprint density at radius 3 is 2.50 bits per heavy atom. The Hall–Kier alpha value is -1.28. The first-order chi connectivity index (χ1) is 7.20. The van der Waals surface area contributed by atoms with E-state index in [1.807, 2.05) is 19.1 Å². The predicted octanol–water partition coefficient (Wildman–Crippen LogP) is 1.58. The summed E-state index contributed by atoms with van der Waals surface area (Å²) in [5.41, 5.74) is 2.06. The smallest absolute Gasteiger partial charge is 0.181 e. The fourth-order valence-corrected chi connectivity index (χ4v) is 1.42. The molecule has 1 aromatic heterocycles. The zero-order valence-electron chi connectivity index (χ0n) is 8.97. The summed E-state index contributed by atoms with van der Waals surface area (Å²) in [6.45, 7) is 3.31.